The lowest BCUT2D eigenvalue weighted by Crippen LogP contribution is -2.30. The van der Waals surface area contributed by atoms with Crippen LogP contribution in [0.4, 0.5) is 10.2 Å². The molecule has 1 aromatic heterocycles. The van der Waals surface area contributed by atoms with Crippen molar-refractivity contribution in [1.29, 1.82) is 0 Å². The van der Waals surface area contributed by atoms with Crippen molar-refractivity contribution >= 4 is 11.7 Å². The Hall–Kier alpha value is -2.37. The van der Waals surface area contributed by atoms with Gasteiger partial charge in [0.2, 0.25) is 0 Å². The van der Waals surface area contributed by atoms with E-state index in [1.807, 2.05) is 6.92 Å². The highest BCUT2D eigenvalue weighted by molar-refractivity contribution is 5.93. The second kappa shape index (κ2) is 5.73. The predicted octanol–water partition coefficient (Wildman–Crippen LogP) is 2.27. The number of carbonyl (C=O) groups excluding carboxylic acids is 1. The lowest BCUT2D eigenvalue weighted by Gasteiger charge is -2.14. The third kappa shape index (κ3) is 3.34. The molecule has 0 radical (unpaired) electrons. The molecule has 1 atom stereocenters. The zero-order valence-corrected chi connectivity index (χ0v) is 11.6. The Morgan fingerprint density at radius 1 is 1.45 bits per heavy atom. The second-order valence-corrected chi connectivity index (χ2v) is 4.50. The van der Waals surface area contributed by atoms with Crippen LogP contribution in [-0.2, 0) is 11.8 Å². The zero-order valence-electron chi connectivity index (χ0n) is 11.6. The molecule has 1 heterocycles. The first kappa shape index (κ1) is 14.0. The number of rotatable bonds is 4. The van der Waals surface area contributed by atoms with Crippen LogP contribution in [0.2, 0.25) is 0 Å². The van der Waals surface area contributed by atoms with Gasteiger partial charge in [0, 0.05) is 19.2 Å². The van der Waals surface area contributed by atoms with Gasteiger partial charge in [-0.1, -0.05) is 6.07 Å². The minimum Gasteiger partial charge on any atom is -0.481 e. The highest BCUT2D eigenvalue weighted by Crippen LogP contribution is 2.15. The third-order valence-electron chi connectivity index (χ3n) is 2.73. The average molecular weight is 277 g/mol. The lowest BCUT2D eigenvalue weighted by atomic mass is 10.3. The molecule has 2 aromatic rings. The maximum atomic E-state index is 13.0. The minimum atomic E-state index is -0.744. The number of ether oxygens (including phenoxy) is 1. The van der Waals surface area contributed by atoms with Gasteiger partial charge in [-0.05, 0) is 26.0 Å². The maximum absolute atomic E-state index is 13.0. The van der Waals surface area contributed by atoms with E-state index in [1.165, 1.54) is 18.2 Å². The number of nitrogens with zero attached hydrogens (tertiary/aromatic N) is 2. The number of aryl methyl sites for hydroxylation is 2. The van der Waals surface area contributed by atoms with Crippen molar-refractivity contribution in [1.82, 2.24) is 9.78 Å². The van der Waals surface area contributed by atoms with Gasteiger partial charge >= 0.3 is 0 Å². The molecule has 0 aliphatic carbocycles. The summed E-state index contributed by atoms with van der Waals surface area (Å²) in [5.41, 5.74) is 0.807. The van der Waals surface area contributed by atoms with Crippen LogP contribution in [-0.4, -0.2) is 21.8 Å². The Bertz CT molecular complexity index is 625. The summed E-state index contributed by atoms with van der Waals surface area (Å²) in [6, 6.07) is 7.43. The standard InChI is InChI=1S/C14H16FN3O2/c1-9-7-13(18(3)17-9)16-14(19)10(2)20-12-6-4-5-11(15)8-12/h4-8,10H,1-3H3,(H,16,19)/t10-/m1/s1. The number of halogens is 1. The van der Waals surface area contributed by atoms with E-state index in [0.29, 0.717) is 11.6 Å². The van der Waals surface area contributed by atoms with Gasteiger partial charge < -0.3 is 10.1 Å². The quantitative estimate of drug-likeness (QED) is 0.932. The van der Waals surface area contributed by atoms with Crippen LogP contribution < -0.4 is 10.1 Å². The van der Waals surface area contributed by atoms with E-state index in [-0.39, 0.29) is 5.91 Å². The molecule has 0 bridgehead atoms. The zero-order chi connectivity index (χ0) is 14.7. The van der Waals surface area contributed by atoms with Crippen LogP contribution in [0.15, 0.2) is 30.3 Å². The molecule has 0 unspecified atom stereocenters. The summed E-state index contributed by atoms with van der Waals surface area (Å²) in [6.07, 6.45) is -0.744. The predicted molar refractivity (Wildman–Crippen MR) is 73.1 cm³/mol. The molecule has 0 saturated heterocycles. The number of anilines is 1. The topological polar surface area (TPSA) is 56.1 Å². The molecule has 0 spiro atoms. The van der Waals surface area contributed by atoms with Crippen LogP contribution in [0.1, 0.15) is 12.6 Å². The highest BCUT2D eigenvalue weighted by atomic mass is 19.1. The van der Waals surface area contributed by atoms with Gasteiger partial charge in [-0.2, -0.15) is 5.10 Å². The van der Waals surface area contributed by atoms with E-state index in [9.17, 15) is 9.18 Å². The smallest absolute Gasteiger partial charge is 0.266 e. The van der Waals surface area contributed by atoms with Gasteiger partial charge in [0.25, 0.3) is 5.91 Å². The average Bonchev–Trinajstić information content (AvgIpc) is 2.67. The molecule has 106 valence electrons. The van der Waals surface area contributed by atoms with Crippen LogP contribution in [0.25, 0.3) is 0 Å². The molecule has 6 heteroatoms. The van der Waals surface area contributed by atoms with Gasteiger partial charge in [-0.15, -0.1) is 0 Å². The van der Waals surface area contributed by atoms with Crippen LogP contribution in [0.5, 0.6) is 5.75 Å². The summed E-state index contributed by atoms with van der Waals surface area (Å²) in [6.45, 7) is 3.44. The van der Waals surface area contributed by atoms with E-state index in [4.69, 9.17) is 4.74 Å². The fraction of sp³-hybridized carbons (Fsp3) is 0.286. The van der Waals surface area contributed by atoms with Crippen molar-refractivity contribution in [2.75, 3.05) is 5.32 Å². The van der Waals surface area contributed by atoms with Gasteiger partial charge in [0.05, 0.1) is 5.69 Å². The number of aromatic nitrogens is 2. The van der Waals surface area contributed by atoms with Crippen molar-refractivity contribution in [3.05, 3.63) is 41.8 Å². The summed E-state index contributed by atoms with van der Waals surface area (Å²) < 4.78 is 20.0. The van der Waals surface area contributed by atoms with E-state index in [0.717, 1.165) is 5.69 Å². The fourth-order valence-corrected chi connectivity index (χ4v) is 1.75. The Morgan fingerprint density at radius 3 is 2.80 bits per heavy atom. The van der Waals surface area contributed by atoms with Crippen molar-refractivity contribution in [3.8, 4) is 5.75 Å². The molecule has 1 N–H and O–H groups in total. The van der Waals surface area contributed by atoms with Crippen molar-refractivity contribution in [2.45, 2.75) is 20.0 Å². The summed E-state index contributed by atoms with van der Waals surface area (Å²) in [7, 11) is 1.74. The largest absolute Gasteiger partial charge is 0.481 e. The molecule has 0 saturated carbocycles. The minimum absolute atomic E-state index is 0.314. The van der Waals surface area contributed by atoms with E-state index in [1.54, 1.807) is 30.8 Å². The van der Waals surface area contributed by atoms with Gasteiger partial charge in [0.15, 0.2) is 6.10 Å². The molecule has 0 fully saturated rings. The van der Waals surface area contributed by atoms with Crippen LogP contribution in [0, 0.1) is 12.7 Å². The lowest BCUT2D eigenvalue weighted by molar-refractivity contribution is -0.122. The number of benzene rings is 1. The SMILES string of the molecule is Cc1cc(NC(=O)[C@@H](C)Oc2cccc(F)c2)n(C)n1. The number of hydrogen-bond acceptors (Lipinski definition) is 3. The fourth-order valence-electron chi connectivity index (χ4n) is 1.75. The third-order valence-corrected chi connectivity index (χ3v) is 2.73. The highest BCUT2D eigenvalue weighted by Gasteiger charge is 2.16. The first-order valence-electron chi connectivity index (χ1n) is 6.19. The Kier molecular flexibility index (Phi) is 4.02. The van der Waals surface area contributed by atoms with Crippen molar-refractivity contribution < 1.29 is 13.9 Å². The molecule has 1 amide bonds. The van der Waals surface area contributed by atoms with E-state index >= 15 is 0 Å². The first-order chi connectivity index (χ1) is 9.45. The molecular formula is C14H16FN3O2. The van der Waals surface area contributed by atoms with E-state index in [2.05, 4.69) is 10.4 Å². The molecule has 5 nitrogen and oxygen atoms in total. The van der Waals surface area contributed by atoms with Crippen molar-refractivity contribution in [2.24, 2.45) is 7.05 Å². The Labute approximate surface area is 116 Å². The van der Waals surface area contributed by atoms with Crippen LogP contribution in [0.3, 0.4) is 0 Å². The monoisotopic (exact) mass is 277 g/mol. The summed E-state index contributed by atoms with van der Waals surface area (Å²) in [5, 5.41) is 6.84. The summed E-state index contributed by atoms with van der Waals surface area (Å²) in [4.78, 5) is 12.0. The molecule has 2 rings (SSSR count). The first-order valence-corrected chi connectivity index (χ1v) is 6.19. The summed E-state index contributed by atoms with van der Waals surface area (Å²) in [5.74, 6) is 0.172. The molecule has 20 heavy (non-hydrogen) atoms. The number of nitrogens with one attached hydrogen (secondary N) is 1. The number of amides is 1. The normalized spacial score (nSPS) is 12.0. The van der Waals surface area contributed by atoms with E-state index < -0.39 is 11.9 Å². The molecule has 1 aromatic carbocycles. The maximum Gasteiger partial charge on any atom is 0.266 e. The molecule has 0 aliphatic heterocycles. The van der Waals surface area contributed by atoms with Gasteiger partial charge in [0.1, 0.15) is 17.4 Å². The Morgan fingerprint density at radius 2 is 2.20 bits per heavy atom. The number of carbonyl (C=O) groups is 1. The van der Waals surface area contributed by atoms with Gasteiger partial charge in [-0.25, -0.2) is 4.39 Å². The van der Waals surface area contributed by atoms with Crippen LogP contribution >= 0.6 is 0 Å². The molecular weight excluding hydrogens is 261 g/mol. The number of hydrogen-bond donors (Lipinski definition) is 1. The summed E-state index contributed by atoms with van der Waals surface area (Å²) >= 11 is 0. The second-order valence-electron chi connectivity index (χ2n) is 4.50. The Balaban J connectivity index is 2.00. The van der Waals surface area contributed by atoms with Crippen molar-refractivity contribution in [3.63, 3.8) is 0 Å². The molecule has 0 aliphatic rings. The van der Waals surface area contributed by atoms with Gasteiger partial charge in [-0.3, -0.25) is 9.48 Å².